The van der Waals surface area contributed by atoms with Crippen LogP contribution in [0.2, 0.25) is 0 Å². The van der Waals surface area contributed by atoms with Crippen LogP contribution in [-0.2, 0) is 6.42 Å². The number of aryl methyl sites for hydroxylation is 2. The van der Waals surface area contributed by atoms with Crippen LogP contribution in [0.5, 0.6) is 0 Å². The number of nitrogen functional groups attached to an aromatic ring is 1. The fraction of sp³-hybridized carbons (Fsp3) is 0.417. The van der Waals surface area contributed by atoms with Gasteiger partial charge in [-0.1, -0.05) is 0 Å². The van der Waals surface area contributed by atoms with Crippen LogP contribution in [0.25, 0.3) is 0 Å². The largest absolute Gasteiger partial charge is 0.368 e. The van der Waals surface area contributed by atoms with Gasteiger partial charge in [0.15, 0.2) is 0 Å². The van der Waals surface area contributed by atoms with Crippen LogP contribution in [0, 0.1) is 12.7 Å². The number of nitrogens with one attached hydrogen (secondary N) is 1. The van der Waals surface area contributed by atoms with E-state index in [0.29, 0.717) is 18.2 Å². The normalized spacial score (nSPS) is 12.4. The van der Waals surface area contributed by atoms with Crippen molar-refractivity contribution in [3.05, 3.63) is 28.0 Å². The minimum Gasteiger partial charge on any atom is -0.368 e. The van der Waals surface area contributed by atoms with Crippen LogP contribution in [0.3, 0.4) is 0 Å². The quantitative estimate of drug-likeness (QED) is 0.880. The van der Waals surface area contributed by atoms with E-state index < -0.39 is 0 Å². The van der Waals surface area contributed by atoms with Crippen LogP contribution in [-0.4, -0.2) is 21.0 Å². The first-order chi connectivity index (χ1) is 9.04. The van der Waals surface area contributed by atoms with E-state index in [1.165, 1.54) is 17.4 Å². The summed E-state index contributed by atoms with van der Waals surface area (Å²) in [7, 11) is 0. The van der Waals surface area contributed by atoms with Crippen LogP contribution in [0.15, 0.2) is 11.4 Å². The third-order valence-electron chi connectivity index (χ3n) is 2.64. The van der Waals surface area contributed by atoms with Crippen molar-refractivity contribution in [1.29, 1.82) is 0 Å². The number of rotatable bonds is 5. The van der Waals surface area contributed by atoms with Crippen LogP contribution in [0.1, 0.15) is 24.0 Å². The zero-order valence-electron chi connectivity index (χ0n) is 10.9. The maximum absolute atomic E-state index is 13.3. The van der Waals surface area contributed by atoms with E-state index in [0.717, 1.165) is 11.3 Å². The molecule has 0 spiro atoms. The molecule has 1 unspecified atom stereocenters. The summed E-state index contributed by atoms with van der Waals surface area (Å²) in [6.07, 6.45) is 1.49. The molecule has 0 amide bonds. The van der Waals surface area contributed by atoms with Gasteiger partial charge in [-0.15, -0.1) is 11.3 Å². The van der Waals surface area contributed by atoms with Crippen molar-refractivity contribution in [3.8, 4) is 0 Å². The van der Waals surface area contributed by atoms with Crippen molar-refractivity contribution in [3.63, 3.8) is 0 Å². The predicted octanol–water partition coefficient (Wildman–Crippen LogP) is 2.40. The van der Waals surface area contributed by atoms with Crippen LogP contribution in [0.4, 0.5) is 16.3 Å². The molecule has 1 atom stereocenters. The molecule has 5 nitrogen and oxygen atoms in total. The van der Waals surface area contributed by atoms with Crippen molar-refractivity contribution >= 4 is 23.2 Å². The van der Waals surface area contributed by atoms with Crippen molar-refractivity contribution in [1.82, 2.24) is 15.0 Å². The Morgan fingerprint density at radius 2 is 2.21 bits per heavy atom. The second kappa shape index (κ2) is 5.92. The number of thiophene rings is 1. The summed E-state index contributed by atoms with van der Waals surface area (Å²) in [5.74, 6) is 1.11. The third-order valence-corrected chi connectivity index (χ3v) is 3.59. The topological polar surface area (TPSA) is 76.7 Å². The zero-order chi connectivity index (χ0) is 13.8. The molecule has 2 heterocycles. The number of anilines is 2. The third kappa shape index (κ3) is 3.85. The molecule has 3 N–H and O–H groups in total. The van der Waals surface area contributed by atoms with E-state index in [-0.39, 0.29) is 17.8 Å². The maximum Gasteiger partial charge on any atom is 0.227 e. The molecule has 0 bridgehead atoms. The molecule has 0 aliphatic heterocycles. The molecule has 102 valence electrons. The summed E-state index contributed by atoms with van der Waals surface area (Å²) in [6.45, 7) is 3.76. The monoisotopic (exact) mass is 281 g/mol. The van der Waals surface area contributed by atoms with Gasteiger partial charge in [-0.05, 0) is 38.1 Å². The van der Waals surface area contributed by atoms with Gasteiger partial charge in [-0.25, -0.2) is 4.39 Å². The molecule has 19 heavy (non-hydrogen) atoms. The lowest BCUT2D eigenvalue weighted by Crippen LogP contribution is -2.19. The lowest BCUT2D eigenvalue weighted by Gasteiger charge is -2.13. The fourth-order valence-corrected chi connectivity index (χ4v) is 2.48. The summed E-state index contributed by atoms with van der Waals surface area (Å²) < 4.78 is 13.3. The average molecular weight is 281 g/mol. The van der Waals surface area contributed by atoms with Gasteiger partial charge < -0.3 is 11.1 Å². The first kappa shape index (κ1) is 13.7. The molecule has 2 aromatic rings. The molecule has 0 aliphatic rings. The van der Waals surface area contributed by atoms with Gasteiger partial charge in [0.2, 0.25) is 11.9 Å². The smallest absolute Gasteiger partial charge is 0.227 e. The Kier molecular flexibility index (Phi) is 4.26. The Morgan fingerprint density at radius 3 is 2.84 bits per heavy atom. The van der Waals surface area contributed by atoms with Crippen LogP contribution >= 0.6 is 11.3 Å². The van der Waals surface area contributed by atoms with Crippen molar-refractivity contribution in [2.75, 3.05) is 11.1 Å². The number of hydrogen-bond donors (Lipinski definition) is 2. The van der Waals surface area contributed by atoms with E-state index in [2.05, 4.69) is 20.3 Å². The summed E-state index contributed by atoms with van der Waals surface area (Å²) >= 11 is 1.44. The molecule has 0 saturated carbocycles. The average Bonchev–Trinajstić information content (AvgIpc) is 2.71. The molecular formula is C12H16FN5S. The molecular weight excluding hydrogens is 265 g/mol. The first-order valence-corrected chi connectivity index (χ1v) is 6.89. The molecule has 0 aliphatic carbocycles. The molecule has 2 aromatic heterocycles. The highest BCUT2D eigenvalue weighted by molar-refractivity contribution is 7.09. The molecule has 2 rings (SSSR count). The predicted molar refractivity (Wildman–Crippen MR) is 74.7 cm³/mol. The summed E-state index contributed by atoms with van der Waals surface area (Å²) in [5.41, 5.74) is 5.56. The maximum atomic E-state index is 13.3. The van der Waals surface area contributed by atoms with Gasteiger partial charge in [0.05, 0.1) is 0 Å². The van der Waals surface area contributed by atoms with Gasteiger partial charge in [-0.3, -0.25) is 0 Å². The Morgan fingerprint density at radius 1 is 1.42 bits per heavy atom. The van der Waals surface area contributed by atoms with Crippen molar-refractivity contribution < 1.29 is 4.39 Å². The molecule has 0 radical (unpaired) electrons. The number of hydrogen-bond acceptors (Lipinski definition) is 6. The van der Waals surface area contributed by atoms with E-state index >= 15 is 0 Å². The van der Waals surface area contributed by atoms with Crippen molar-refractivity contribution in [2.24, 2.45) is 0 Å². The Labute approximate surface area is 115 Å². The number of halogens is 1. The second-order valence-corrected chi connectivity index (χ2v) is 5.34. The van der Waals surface area contributed by atoms with Gasteiger partial charge in [0.25, 0.3) is 0 Å². The summed E-state index contributed by atoms with van der Waals surface area (Å²) in [5, 5.41) is 4.91. The standard InChI is InChI=1S/C12H16FN5S/c1-7(3-4-10-9(13)5-6-19-10)15-12-17-8(2)16-11(14)18-12/h5-7H,3-4H2,1-2H3,(H3,14,15,16,17,18). The van der Waals surface area contributed by atoms with E-state index in [9.17, 15) is 4.39 Å². The van der Waals surface area contributed by atoms with E-state index in [4.69, 9.17) is 5.73 Å². The minimum absolute atomic E-state index is 0.127. The van der Waals surface area contributed by atoms with Gasteiger partial charge in [0.1, 0.15) is 11.6 Å². The molecule has 0 aromatic carbocycles. The second-order valence-electron chi connectivity index (χ2n) is 4.34. The van der Waals surface area contributed by atoms with Crippen LogP contribution < -0.4 is 11.1 Å². The molecule has 0 fully saturated rings. The lowest BCUT2D eigenvalue weighted by molar-refractivity contribution is 0.606. The van der Waals surface area contributed by atoms with E-state index in [1.54, 1.807) is 12.3 Å². The highest BCUT2D eigenvalue weighted by Crippen LogP contribution is 2.18. The minimum atomic E-state index is -0.127. The number of aromatic nitrogens is 3. The Bertz CT molecular complexity index is 537. The summed E-state index contributed by atoms with van der Waals surface area (Å²) in [4.78, 5) is 12.8. The number of nitrogens with two attached hydrogens (primary N) is 1. The Hall–Kier alpha value is -1.76. The molecule has 7 heteroatoms. The lowest BCUT2D eigenvalue weighted by atomic mass is 10.1. The highest BCUT2D eigenvalue weighted by atomic mass is 32.1. The van der Waals surface area contributed by atoms with Gasteiger partial charge >= 0.3 is 0 Å². The SMILES string of the molecule is Cc1nc(N)nc(NC(C)CCc2sccc2F)n1. The zero-order valence-corrected chi connectivity index (χ0v) is 11.7. The first-order valence-electron chi connectivity index (χ1n) is 6.01. The summed E-state index contributed by atoms with van der Waals surface area (Å²) in [6, 6.07) is 1.62. The number of nitrogens with zero attached hydrogens (tertiary/aromatic N) is 3. The van der Waals surface area contributed by atoms with Gasteiger partial charge in [0, 0.05) is 10.9 Å². The van der Waals surface area contributed by atoms with Crippen molar-refractivity contribution in [2.45, 2.75) is 32.7 Å². The fourth-order valence-electron chi connectivity index (χ4n) is 1.71. The van der Waals surface area contributed by atoms with Gasteiger partial charge in [-0.2, -0.15) is 15.0 Å². The Balaban J connectivity index is 1.90. The van der Waals surface area contributed by atoms with E-state index in [1.807, 2.05) is 6.92 Å². The molecule has 0 saturated heterocycles. The highest BCUT2D eigenvalue weighted by Gasteiger charge is 2.09.